The van der Waals surface area contributed by atoms with Crippen LogP contribution in [0.1, 0.15) is 11.1 Å². The molecule has 0 atom stereocenters. The quantitative estimate of drug-likeness (QED) is 0.846. The number of halogens is 2. The van der Waals surface area contributed by atoms with Crippen LogP contribution >= 0.6 is 15.9 Å². The van der Waals surface area contributed by atoms with E-state index < -0.39 is 5.82 Å². The summed E-state index contributed by atoms with van der Waals surface area (Å²) in [6.45, 7) is 0.0805. The van der Waals surface area contributed by atoms with Crippen LogP contribution in [0, 0.1) is 17.1 Å². The second-order valence-electron chi connectivity index (χ2n) is 4.03. The Hall–Kier alpha value is -2.06. The summed E-state index contributed by atoms with van der Waals surface area (Å²) < 4.78 is 25.2. The highest BCUT2D eigenvalue weighted by Gasteiger charge is 2.06. The van der Waals surface area contributed by atoms with Crippen molar-refractivity contribution >= 4 is 15.9 Å². The van der Waals surface area contributed by atoms with E-state index in [1.165, 1.54) is 6.07 Å². The second-order valence-corrected chi connectivity index (χ2v) is 4.95. The van der Waals surface area contributed by atoms with Gasteiger partial charge in [0.05, 0.1) is 18.7 Å². The van der Waals surface area contributed by atoms with Crippen LogP contribution in [0.4, 0.5) is 4.39 Å². The average molecular weight is 336 g/mol. The van der Waals surface area contributed by atoms with E-state index in [2.05, 4.69) is 15.9 Å². The third kappa shape index (κ3) is 3.49. The third-order valence-corrected chi connectivity index (χ3v) is 3.11. The van der Waals surface area contributed by atoms with Crippen molar-refractivity contribution in [3.8, 4) is 17.6 Å². The van der Waals surface area contributed by atoms with E-state index in [9.17, 15) is 4.39 Å². The summed E-state index contributed by atoms with van der Waals surface area (Å²) in [4.78, 5) is 0. The van der Waals surface area contributed by atoms with E-state index >= 15 is 0 Å². The minimum absolute atomic E-state index is 0.0805. The van der Waals surface area contributed by atoms with Gasteiger partial charge in [-0.25, -0.2) is 4.39 Å². The lowest BCUT2D eigenvalue weighted by atomic mass is 10.1. The molecule has 2 aromatic rings. The fraction of sp³-hybridized carbons (Fsp3) is 0.133. The molecule has 20 heavy (non-hydrogen) atoms. The van der Waals surface area contributed by atoms with E-state index in [1.807, 2.05) is 6.07 Å². The highest BCUT2D eigenvalue weighted by atomic mass is 79.9. The molecule has 0 aliphatic rings. The highest BCUT2D eigenvalue weighted by molar-refractivity contribution is 9.10. The molecule has 0 fully saturated rings. The van der Waals surface area contributed by atoms with Crippen molar-refractivity contribution in [1.82, 2.24) is 0 Å². The van der Waals surface area contributed by atoms with E-state index in [0.29, 0.717) is 17.1 Å². The molecule has 0 N–H and O–H groups in total. The van der Waals surface area contributed by atoms with Gasteiger partial charge in [-0.2, -0.15) is 5.26 Å². The number of methoxy groups -OCH3 is 1. The van der Waals surface area contributed by atoms with Crippen molar-refractivity contribution in [3.05, 3.63) is 57.8 Å². The number of rotatable bonds is 4. The highest BCUT2D eigenvalue weighted by Crippen LogP contribution is 2.27. The molecule has 0 heterocycles. The first-order chi connectivity index (χ1) is 9.62. The molecule has 0 bridgehead atoms. The molecular weight excluding hydrogens is 325 g/mol. The number of hydrogen-bond acceptors (Lipinski definition) is 3. The van der Waals surface area contributed by atoms with Crippen molar-refractivity contribution in [2.75, 3.05) is 7.11 Å². The maximum absolute atomic E-state index is 13.7. The maximum atomic E-state index is 13.7. The van der Waals surface area contributed by atoms with Crippen LogP contribution in [0.2, 0.25) is 0 Å². The van der Waals surface area contributed by atoms with Crippen LogP contribution in [-0.4, -0.2) is 7.11 Å². The fourth-order valence-electron chi connectivity index (χ4n) is 1.63. The zero-order valence-electron chi connectivity index (χ0n) is 10.7. The molecule has 0 saturated heterocycles. The number of ether oxygens (including phenoxy) is 2. The summed E-state index contributed by atoms with van der Waals surface area (Å²) in [5.41, 5.74) is 0.679. The molecule has 0 radical (unpaired) electrons. The molecule has 102 valence electrons. The van der Waals surface area contributed by atoms with Crippen LogP contribution in [0.3, 0.4) is 0 Å². The van der Waals surface area contributed by atoms with Gasteiger partial charge in [-0.15, -0.1) is 0 Å². The summed E-state index contributed by atoms with van der Waals surface area (Å²) >= 11 is 3.34. The lowest BCUT2D eigenvalue weighted by Gasteiger charge is -2.09. The minimum atomic E-state index is -0.453. The maximum Gasteiger partial charge on any atom is 0.131 e. The minimum Gasteiger partial charge on any atom is -0.497 e. The second kappa shape index (κ2) is 6.40. The number of benzene rings is 2. The van der Waals surface area contributed by atoms with Gasteiger partial charge in [-0.3, -0.25) is 0 Å². The first-order valence-corrected chi connectivity index (χ1v) is 6.57. The van der Waals surface area contributed by atoms with Crippen LogP contribution in [0.25, 0.3) is 0 Å². The van der Waals surface area contributed by atoms with Crippen LogP contribution < -0.4 is 9.47 Å². The standard InChI is InChI=1S/C15H11BrFNO2/c1-19-13-5-12(16)6-14(7-13)20-9-11-3-2-10(8-18)4-15(11)17/h2-7H,9H2,1H3. The van der Waals surface area contributed by atoms with Crippen LogP contribution in [0.15, 0.2) is 40.9 Å². The van der Waals surface area contributed by atoms with Crippen molar-refractivity contribution in [2.24, 2.45) is 0 Å². The Morgan fingerprint density at radius 1 is 1.20 bits per heavy atom. The molecule has 0 unspecified atom stereocenters. The van der Waals surface area contributed by atoms with Gasteiger partial charge in [0.25, 0.3) is 0 Å². The Morgan fingerprint density at radius 3 is 2.60 bits per heavy atom. The van der Waals surface area contributed by atoms with Gasteiger partial charge in [-0.1, -0.05) is 22.0 Å². The SMILES string of the molecule is COc1cc(Br)cc(OCc2ccc(C#N)cc2F)c1. The van der Waals surface area contributed by atoms with Crippen LogP contribution in [-0.2, 0) is 6.61 Å². The van der Waals surface area contributed by atoms with E-state index in [1.54, 1.807) is 37.4 Å². The first-order valence-electron chi connectivity index (χ1n) is 5.78. The molecule has 2 rings (SSSR count). The van der Waals surface area contributed by atoms with Gasteiger partial charge in [0, 0.05) is 16.1 Å². The molecule has 0 aliphatic carbocycles. The Kier molecular flexibility index (Phi) is 4.59. The van der Waals surface area contributed by atoms with Crippen molar-refractivity contribution in [2.45, 2.75) is 6.61 Å². The molecular formula is C15H11BrFNO2. The van der Waals surface area contributed by atoms with Gasteiger partial charge in [0.15, 0.2) is 0 Å². The lowest BCUT2D eigenvalue weighted by molar-refractivity contribution is 0.297. The predicted molar refractivity (Wildman–Crippen MR) is 76.1 cm³/mol. The smallest absolute Gasteiger partial charge is 0.131 e. The van der Waals surface area contributed by atoms with Gasteiger partial charge >= 0.3 is 0 Å². The molecule has 5 heteroatoms. The topological polar surface area (TPSA) is 42.2 Å². The Balaban J connectivity index is 2.13. The first kappa shape index (κ1) is 14.4. The molecule has 2 aromatic carbocycles. The lowest BCUT2D eigenvalue weighted by Crippen LogP contribution is -1.99. The Morgan fingerprint density at radius 2 is 1.95 bits per heavy atom. The molecule has 0 saturated carbocycles. The summed E-state index contributed by atoms with van der Waals surface area (Å²) in [7, 11) is 1.56. The number of hydrogen-bond donors (Lipinski definition) is 0. The van der Waals surface area contributed by atoms with Gasteiger partial charge in [-0.05, 0) is 24.3 Å². The van der Waals surface area contributed by atoms with Crippen LogP contribution in [0.5, 0.6) is 11.5 Å². The normalized spacial score (nSPS) is 9.90. The number of nitrogens with zero attached hydrogens (tertiary/aromatic N) is 1. The zero-order valence-corrected chi connectivity index (χ0v) is 12.3. The number of nitriles is 1. The predicted octanol–water partition coefficient (Wildman–Crippen LogP) is 4.05. The third-order valence-electron chi connectivity index (χ3n) is 2.66. The monoisotopic (exact) mass is 335 g/mol. The van der Waals surface area contributed by atoms with Gasteiger partial charge in [0.1, 0.15) is 23.9 Å². The summed E-state index contributed by atoms with van der Waals surface area (Å²) in [6, 6.07) is 11.5. The van der Waals surface area contributed by atoms with Crippen molar-refractivity contribution in [3.63, 3.8) is 0 Å². The largest absolute Gasteiger partial charge is 0.497 e. The molecule has 0 aromatic heterocycles. The van der Waals surface area contributed by atoms with Crippen molar-refractivity contribution in [1.29, 1.82) is 5.26 Å². The average Bonchev–Trinajstić information content (AvgIpc) is 2.45. The van der Waals surface area contributed by atoms with Crippen molar-refractivity contribution < 1.29 is 13.9 Å². The van der Waals surface area contributed by atoms with E-state index in [0.717, 1.165) is 4.47 Å². The Labute approximate surface area is 124 Å². The summed E-state index contributed by atoms with van der Waals surface area (Å²) in [5, 5.41) is 8.68. The molecule has 3 nitrogen and oxygen atoms in total. The van der Waals surface area contributed by atoms with Gasteiger partial charge < -0.3 is 9.47 Å². The molecule has 0 amide bonds. The summed E-state index contributed by atoms with van der Waals surface area (Å²) in [6.07, 6.45) is 0. The Bertz CT molecular complexity index is 667. The zero-order chi connectivity index (χ0) is 14.5. The fourth-order valence-corrected chi connectivity index (χ4v) is 2.08. The summed E-state index contributed by atoms with van der Waals surface area (Å²) in [5.74, 6) is 0.765. The van der Waals surface area contributed by atoms with Gasteiger partial charge in [0.2, 0.25) is 0 Å². The molecule has 0 aliphatic heterocycles. The van der Waals surface area contributed by atoms with E-state index in [4.69, 9.17) is 14.7 Å². The molecule has 0 spiro atoms. The van der Waals surface area contributed by atoms with E-state index in [-0.39, 0.29) is 12.2 Å².